The number of imidazole rings is 1. The number of rotatable bonds is 5. The number of nitrogens with zero attached hydrogens (tertiary/aromatic N) is 6. The molecule has 1 aromatic carbocycles. The third-order valence-corrected chi connectivity index (χ3v) is 6.95. The predicted octanol–water partition coefficient (Wildman–Crippen LogP) is 5.36. The van der Waals surface area contributed by atoms with Gasteiger partial charge in [-0.15, -0.1) is 0 Å². The molecular weight excluding hydrogens is 467 g/mol. The zero-order valence-corrected chi connectivity index (χ0v) is 19.9. The van der Waals surface area contributed by atoms with Gasteiger partial charge in [-0.05, 0) is 61.3 Å². The van der Waals surface area contributed by atoms with Gasteiger partial charge in [0, 0.05) is 42.5 Å². The first-order valence-electron chi connectivity index (χ1n) is 12.3. The molecule has 1 saturated heterocycles. The lowest BCUT2D eigenvalue weighted by Crippen LogP contribution is -2.18. The maximum atomic E-state index is 16.1. The number of benzene rings is 1. The average Bonchev–Trinajstić information content (AvgIpc) is 3.69. The average molecular weight is 491 g/mol. The van der Waals surface area contributed by atoms with Crippen LogP contribution in [-0.4, -0.2) is 53.1 Å². The molecule has 1 aliphatic rings. The second-order valence-corrected chi connectivity index (χ2v) is 9.37. The lowest BCUT2D eigenvalue weighted by atomic mass is 10.1. The van der Waals surface area contributed by atoms with Gasteiger partial charge in [0.1, 0.15) is 11.4 Å². The minimum atomic E-state index is -0.448. The molecule has 0 spiro atoms. The van der Waals surface area contributed by atoms with Crippen LogP contribution >= 0.6 is 0 Å². The van der Waals surface area contributed by atoms with Crippen molar-refractivity contribution in [1.29, 1.82) is 0 Å². The van der Waals surface area contributed by atoms with Crippen LogP contribution in [0.1, 0.15) is 18.4 Å². The van der Waals surface area contributed by atoms with Crippen LogP contribution in [0, 0.1) is 5.82 Å². The van der Waals surface area contributed by atoms with Gasteiger partial charge in [0.2, 0.25) is 0 Å². The van der Waals surface area contributed by atoms with Gasteiger partial charge in [0.05, 0.1) is 28.1 Å². The first-order valence-corrected chi connectivity index (χ1v) is 12.3. The molecule has 6 heterocycles. The van der Waals surface area contributed by atoms with E-state index < -0.39 is 5.82 Å². The quantitative estimate of drug-likeness (QED) is 0.338. The van der Waals surface area contributed by atoms with Crippen LogP contribution in [0.2, 0.25) is 0 Å². The smallest absolute Gasteiger partial charge is 0.161 e. The van der Waals surface area contributed by atoms with Crippen molar-refractivity contribution in [1.82, 2.24) is 40.0 Å². The summed E-state index contributed by atoms with van der Waals surface area (Å²) >= 11 is 0. The Kier molecular flexibility index (Phi) is 5.21. The molecule has 9 heteroatoms. The van der Waals surface area contributed by atoms with Crippen LogP contribution in [0.3, 0.4) is 0 Å². The van der Waals surface area contributed by atoms with Crippen LogP contribution in [0.15, 0.2) is 67.4 Å². The first kappa shape index (κ1) is 21.8. The van der Waals surface area contributed by atoms with Gasteiger partial charge in [-0.25, -0.2) is 9.37 Å². The molecular formula is C28H23FN8. The Morgan fingerprint density at radius 3 is 2.62 bits per heavy atom. The van der Waals surface area contributed by atoms with E-state index in [0.717, 1.165) is 47.4 Å². The first-order chi connectivity index (χ1) is 18.2. The van der Waals surface area contributed by atoms with Crippen LogP contribution in [0.5, 0.6) is 0 Å². The van der Waals surface area contributed by atoms with Crippen molar-refractivity contribution < 1.29 is 4.39 Å². The molecule has 1 fully saturated rings. The van der Waals surface area contributed by atoms with Crippen molar-refractivity contribution in [2.45, 2.75) is 19.4 Å². The lowest BCUT2D eigenvalue weighted by Gasteiger charge is -2.14. The second-order valence-electron chi connectivity index (χ2n) is 9.37. The summed E-state index contributed by atoms with van der Waals surface area (Å²) < 4.78 is 16.1. The predicted molar refractivity (Wildman–Crippen MR) is 140 cm³/mol. The number of hydrogen-bond donors (Lipinski definition) is 2. The van der Waals surface area contributed by atoms with Gasteiger partial charge >= 0.3 is 0 Å². The van der Waals surface area contributed by atoms with Crippen molar-refractivity contribution in [3.05, 3.63) is 78.8 Å². The lowest BCUT2D eigenvalue weighted by molar-refractivity contribution is 0.331. The molecule has 5 aromatic heterocycles. The Morgan fingerprint density at radius 1 is 0.892 bits per heavy atom. The highest BCUT2D eigenvalue weighted by Crippen LogP contribution is 2.34. The van der Waals surface area contributed by atoms with E-state index in [1.807, 2.05) is 42.6 Å². The Labute approximate surface area is 211 Å². The van der Waals surface area contributed by atoms with E-state index in [9.17, 15) is 0 Å². The minimum Gasteiger partial charge on any atom is -0.337 e. The minimum absolute atomic E-state index is 0.250. The van der Waals surface area contributed by atoms with Crippen molar-refractivity contribution in [3.8, 4) is 33.9 Å². The van der Waals surface area contributed by atoms with E-state index in [2.05, 4.69) is 35.0 Å². The maximum absolute atomic E-state index is 16.1. The molecule has 0 bridgehead atoms. The number of aromatic amines is 2. The molecule has 0 saturated carbocycles. The number of pyridine rings is 3. The maximum Gasteiger partial charge on any atom is 0.161 e. The molecule has 37 heavy (non-hydrogen) atoms. The van der Waals surface area contributed by atoms with Gasteiger partial charge in [-0.2, -0.15) is 5.10 Å². The van der Waals surface area contributed by atoms with Gasteiger partial charge in [0.15, 0.2) is 11.6 Å². The summed E-state index contributed by atoms with van der Waals surface area (Å²) in [7, 11) is 0. The van der Waals surface area contributed by atoms with Crippen LogP contribution in [-0.2, 0) is 6.54 Å². The van der Waals surface area contributed by atoms with Gasteiger partial charge in [0.25, 0.3) is 0 Å². The fourth-order valence-electron chi connectivity index (χ4n) is 5.16. The van der Waals surface area contributed by atoms with E-state index in [-0.39, 0.29) is 5.69 Å². The summed E-state index contributed by atoms with van der Waals surface area (Å²) in [4.78, 5) is 23.5. The number of H-pyrrole nitrogens is 2. The van der Waals surface area contributed by atoms with Gasteiger partial charge in [-0.3, -0.25) is 25.0 Å². The molecule has 0 atom stereocenters. The number of aromatic nitrogens is 7. The van der Waals surface area contributed by atoms with Crippen molar-refractivity contribution >= 4 is 21.9 Å². The van der Waals surface area contributed by atoms with E-state index in [1.54, 1.807) is 24.8 Å². The summed E-state index contributed by atoms with van der Waals surface area (Å²) in [6, 6.07) is 11.8. The number of halogens is 1. The normalized spacial score (nSPS) is 14.2. The Hall–Kier alpha value is -4.50. The number of likely N-dealkylation sites (tertiary alicyclic amines) is 1. The highest BCUT2D eigenvalue weighted by Gasteiger charge is 2.21. The van der Waals surface area contributed by atoms with Gasteiger partial charge in [-0.1, -0.05) is 12.1 Å². The molecule has 182 valence electrons. The molecule has 2 N–H and O–H groups in total. The molecule has 0 unspecified atom stereocenters. The summed E-state index contributed by atoms with van der Waals surface area (Å²) in [6.07, 6.45) is 11.1. The summed E-state index contributed by atoms with van der Waals surface area (Å²) in [5, 5.41) is 7.67. The van der Waals surface area contributed by atoms with E-state index >= 15 is 4.39 Å². The number of hydrogen-bond acceptors (Lipinski definition) is 6. The highest BCUT2D eigenvalue weighted by molar-refractivity contribution is 5.98. The van der Waals surface area contributed by atoms with Crippen LogP contribution < -0.4 is 0 Å². The molecule has 6 aromatic rings. The third kappa shape index (κ3) is 3.84. The molecule has 1 aliphatic heterocycles. The van der Waals surface area contributed by atoms with E-state index in [1.165, 1.54) is 12.8 Å². The number of fused-ring (bicyclic) bond motifs is 2. The third-order valence-electron chi connectivity index (χ3n) is 6.95. The fraction of sp³-hybridized carbons (Fsp3) is 0.179. The molecule has 0 aliphatic carbocycles. The standard InChI is InChI=1S/C28H23FN8/c29-24-23-22(15-32-25(24)19-12-17(13-31-14-19)16-37-10-1-2-11-37)35-36-27(23)28-33-21-5-3-4-20(26(21)34-28)18-6-8-30-9-7-18/h3-9,12-15H,1-2,10-11,16H2,(H,33,34)(H,35,36). The summed E-state index contributed by atoms with van der Waals surface area (Å²) in [6.45, 7) is 2.98. The van der Waals surface area contributed by atoms with E-state index in [0.29, 0.717) is 28.0 Å². The summed E-state index contributed by atoms with van der Waals surface area (Å²) in [5.41, 5.74) is 6.46. The Bertz CT molecular complexity index is 1730. The zero-order chi connectivity index (χ0) is 24.8. The highest BCUT2D eigenvalue weighted by atomic mass is 19.1. The van der Waals surface area contributed by atoms with Crippen molar-refractivity contribution in [2.24, 2.45) is 0 Å². The van der Waals surface area contributed by atoms with Crippen molar-refractivity contribution in [2.75, 3.05) is 13.1 Å². The topological polar surface area (TPSA) is 99.3 Å². The SMILES string of the molecule is Fc1c(-c2cncc(CN3CCCC3)c2)ncc2[nH]nc(-c3nc4c(-c5ccncc5)cccc4[nH]3)c12. The molecule has 7 rings (SSSR count). The van der Waals surface area contributed by atoms with Crippen LogP contribution in [0.4, 0.5) is 4.39 Å². The Morgan fingerprint density at radius 2 is 1.76 bits per heavy atom. The number of para-hydroxylation sites is 1. The monoisotopic (exact) mass is 490 g/mol. The molecule has 0 amide bonds. The van der Waals surface area contributed by atoms with E-state index in [4.69, 9.17) is 4.98 Å². The van der Waals surface area contributed by atoms with Crippen molar-refractivity contribution in [3.63, 3.8) is 0 Å². The second kappa shape index (κ2) is 8.86. The Balaban J connectivity index is 1.32. The summed E-state index contributed by atoms with van der Waals surface area (Å²) in [5.74, 6) is 0.0379. The molecule has 8 nitrogen and oxygen atoms in total. The largest absolute Gasteiger partial charge is 0.337 e. The van der Waals surface area contributed by atoms with Gasteiger partial charge < -0.3 is 4.98 Å². The molecule has 0 radical (unpaired) electrons. The van der Waals surface area contributed by atoms with Crippen LogP contribution in [0.25, 0.3) is 55.8 Å². The zero-order valence-electron chi connectivity index (χ0n) is 19.9. The number of nitrogens with one attached hydrogen (secondary N) is 2. The fourth-order valence-corrected chi connectivity index (χ4v) is 5.16.